The molecule has 39 heavy (non-hydrogen) atoms. The molecule has 0 aromatic rings. The molecule has 0 bridgehead atoms. The number of nitrogens with one attached hydrogen (secondary N) is 2. The first-order chi connectivity index (χ1) is 18.4. The van der Waals surface area contributed by atoms with Crippen LogP contribution in [0.4, 0.5) is 0 Å². The largest absolute Gasteiger partial charge is 0.480 e. The molecule has 4 rings (SSSR count). The zero-order valence-electron chi connectivity index (χ0n) is 24.0. The molecule has 7 atom stereocenters. The number of amides is 2. The van der Waals surface area contributed by atoms with Crippen LogP contribution in [0.5, 0.6) is 0 Å². The van der Waals surface area contributed by atoms with E-state index in [2.05, 4.69) is 35.7 Å². The normalized spacial score (nSPS) is 35.2. The molecule has 3 saturated carbocycles. The van der Waals surface area contributed by atoms with Crippen LogP contribution in [-0.2, 0) is 24.0 Å². The van der Waals surface area contributed by atoms with Crippen LogP contribution in [0.1, 0.15) is 86.0 Å². The number of hydrogen-bond donors (Lipinski definition) is 3. The van der Waals surface area contributed by atoms with Crippen molar-refractivity contribution < 1.29 is 29.1 Å². The van der Waals surface area contributed by atoms with Crippen molar-refractivity contribution in [2.24, 2.45) is 45.6 Å². The van der Waals surface area contributed by atoms with Crippen LogP contribution in [0.25, 0.3) is 0 Å². The van der Waals surface area contributed by atoms with E-state index in [0.717, 1.165) is 44.2 Å². The van der Waals surface area contributed by atoms with Crippen molar-refractivity contribution in [2.75, 3.05) is 13.2 Å². The summed E-state index contributed by atoms with van der Waals surface area (Å²) in [4.78, 5) is 53.0. The SMILES string of the molecule is CC(=O)C1CCC2C3CCC4=C/C(=N\OCC(=O)NCC(=O)NC(C(=O)O)C(C)C)CC[C@]4(C)C3CC[C@]12C. The summed E-state index contributed by atoms with van der Waals surface area (Å²) in [7, 11) is 0. The summed E-state index contributed by atoms with van der Waals surface area (Å²) in [6.07, 6.45) is 10.7. The van der Waals surface area contributed by atoms with E-state index in [1.165, 1.54) is 18.4 Å². The number of fused-ring (bicyclic) bond motifs is 5. The monoisotopic (exact) mass is 543 g/mol. The third-order valence-corrected chi connectivity index (χ3v) is 10.5. The van der Waals surface area contributed by atoms with Crippen molar-refractivity contribution in [1.29, 1.82) is 0 Å². The van der Waals surface area contributed by atoms with Gasteiger partial charge in [-0.25, -0.2) is 4.79 Å². The summed E-state index contributed by atoms with van der Waals surface area (Å²) >= 11 is 0. The van der Waals surface area contributed by atoms with Crippen molar-refractivity contribution in [1.82, 2.24) is 10.6 Å². The Labute approximate surface area is 231 Å². The van der Waals surface area contributed by atoms with E-state index in [1.54, 1.807) is 20.8 Å². The lowest BCUT2D eigenvalue weighted by Crippen LogP contribution is -2.51. The fourth-order valence-corrected chi connectivity index (χ4v) is 8.45. The van der Waals surface area contributed by atoms with Gasteiger partial charge in [0.25, 0.3) is 5.91 Å². The van der Waals surface area contributed by atoms with Gasteiger partial charge in [-0.15, -0.1) is 0 Å². The molecule has 0 aliphatic heterocycles. The van der Waals surface area contributed by atoms with E-state index < -0.39 is 23.8 Å². The van der Waals surface area contributed by atoms with E-state index in [-0.39, 0.29) is 35.8 Å². The summed E-state index contributed by atoms with van der Waals surface area (Å²) < 4.78 is 0. The fraction of sp³-hybridized carbons (Fsp3) is 0.767. The highest BCUT2D eigenvalue weighted by Crippen LogP contribution is 2.66. The summed E-state index contributed by atoms with van der Waals surface area (Å²) in [6.45, 7) is 9.33. The number of hydrogen-bond acceptors (Lipinski definition) is 6. The fourth-order valence-electron chi connectivity index (χ4n) is 8.45. The van der Waals surface area contributed by atoms with Gasteiger partial charge in [0.1, 0.15) is 11.8 Å². The molecule has 0 aromatic carbocycles. The van der Waals surface area contributed by atoms with Crippen molar-refractivity contribution >= 4 is 29.3 Å². The number of carbonyl (C=O) groups is 4. The van der Waals surface area contributed by atoms with Crippen molar-refractivity contribution in [2.45, 2.75) is 92.0 Å². The van der Waals surface area contributed by atoms with Gasteiger partial charge in [-0.1, -0.05) is 38.4 Å². The molecule has 4 aliphatic carbocycles. The minimum atomic E-state index is -1.11. The number of ketones is 1. The third kappa shape index (κ3) is 5.78. The van der Waals surface area contributed by atoms with Gasteiger partial charge in [0.15, 0.2) is 6.61 Å². The van der Waals surface area contributed by atoms with Gasteiger partial charge in [0.05, 0.1) is 12.3 Å². The Morgan fingerprint density at radius 1 is 1.05 bits per heavy atom. The molecule has 3 fully saturated rings. The number of nitrogens with zero attached hydrogens (tertiary/aromatic N) is 1. The topological polar surface area (TPSA) is 134 Å². The molecule has 2 amide bonds. The van der Waals surface area contributed by atoms with E-state index in [0.29, 0.717) is 23.5 Å². The first kappa shape index (κ1) is 29.3. The quantitative estimate of drug-likeness (QED) is 0.378. The van der Waals surface area contributed by atoms with Gasteiger partial charge >= 0.3 is 5.97 Å². The van der Waals surface area contributed by atoms with Crippen LogP contribution in [0, 0.1) is 40.4 Å². The second kappa shape index (κ2) is 11.4. The minimum Gasteiger partial charge on any atom is -0.480 e. The molecule has 0 radical (unpaired) electrons. The van der Waals surface area contributed by atoms with Crippen LogP contribution in [-0.4, -0.2) is 53.6 Å². The standard InChI is InChI=1S/C30H45N3O6/c1-17(2)27(28(37)38)32-25(35)15-31-26(36)16-39-33-20-10-12-29(4)19(14-20)6-7-21-23-9-8-22(18(3)34)30(23,5)13-11-24(21)29/h14,17,21-24,27H,6-13,15-16H2,1-5H3,(H,31,36)(H,32,35)(H,37,38)/b33-20-/t21?,22?,23?,24?,27?,29-,30+/m0/s1. The predicted octanol–water partition coefficient (Wildman–Crippen LogP) is 3.87. The molecule has 216 valence electrons. The van der Waals surface area contributed by atoms with Gasteiger partial charge < -0.3 is 20.6 Å². The highest BCUT2D eigenvalue weighted by atomic mass is 16.6. The first-order valence-corrected chi connectivity index (χ1v) is 14.6. The van der Waals surface area contributed by atoms with Crippen molar-refractivity contribution in [3.8, 4) is 0 Å². The molecule has 4 aliphatic rings. The molecule has 3 N–H and O–H groups in total. The lowest BCUT2D eigenvalue weighted by Gasteiger charge is -2.58. The molecule has 5 unspecified atom stereocenters. The summed E-state index contributed by atoms with van der Waals surface area (Å²) in [5, 5.41) is 18.3. The highest BCUT2D eigenvalue weighted by Gasteiger charge is 2.59. The summed E-state index contributed by atoms with van der Waals surface area (Å²) in [5.41, 5.74) is 2.58. The lowest BCUT2D eigenvalue weighted by molar-refractivity contribution is -0.143. The van der Waals surface area contributed by atoms with Crippen molar-refractivity contribution in [3.63, 3.8) is 0 Å². The number of allylic oxidation sites excluding steroid dienone is 2. The number of carbonyl (C=O) groups excluding carboxylic acids is 3. The van der Waals surface area contributed by atoms with E-state index in [4.69, 9.17) is 4.84 Å². The molecule has 9 heteroatoms. The van der Waals surface area contributed by atoms with Crippen LogP contribution in [0.3, 0.4) is 0 Å². The van der Waals surface area contributed by atoms with Crippen LogP contribution in [0.2, 0.25) is 0 Å². The average Bonchev–Trinajstić information content (AvgIpc) is 3.23. The maximum atomic E-state index is 12.4. The Balaban J connectivity index is 1.30. The second-order valence-corrected chi connectivity index (χ2v) is 13.0. The minimum absolute atomic E-state index is 0.145. The van der Waals surface area contributed by atoms with Crippen LogP contribution >= 0.6 is 0 Å². The summed E-state index contributed by atoms with van der Waals surface area (Å²) in [5.74, 6) is 0.0981. The Kier molecular flexibility index (Phi) is 8.57. The van der Waals surface area contributed by atoms with Gasteiger partial charge in [-0.3, -0.25) is 14.4 Å². The number of aliphatic carboxylic acids is 1. The maximum Gasteiger partial charge on any atom is 0.326 e. The molecule has 9 nitrogen and oxygen atoms in total. The van der Waals surface area contributed by atoms with Crippen molar-refractivity contribution in [3.05, 3.63) is 11.6 Å². The molecule has 0 aromatic heterocycles. The molecule has 0 spiro atoms. The molecule has 0 heterocycles. The zero-order valence-corrected chi connectivity index (χ0v) is 24.0. The number of Topliss-reactive ketones (excluding diaryl/α,β-unsaturated/α-hetero) is 1. The second-order valence-electron chi connectivity index (χ2n) is 13.0. The average molecular weight is 544 g/mol. The number of oxime groups is 1. The Hall–Kier alpha value is -2.71. The number of carboxylic acids is 1. The van der Waals surface area contributed by atoms with E-state index in [9.17, 15) is 24.3 Å². The zero-order chi connectivity index (χ0) is 28.5. The van der Waals surface area contributed by atoms with Gasteiger partial charge in [-0.2, -0.15) is 0 Å². The smallest absolute Gasteiger partial charge is 0.326 e. The third-order valence-electron chi connectivity index (χ3n) is 10.5. The molecular formula is C30H45N3O6. The molecule has 0 saturated heterocycles. The number of rotatable bonds is 9. The highest BCUT2D eigenvalue weighted by molar-refractivity contribution is 5.96. The predicted molar refractivity (Wildman–Crippen MR) is 147 cm³/mol. The molecular weight excluding hydrogens is 498 g/mol. The Bertz CT molecular complexity index is 1070. The maximum absolute atomic E-state index is 12.4. The van der Waals surface area contributed by atoms with Gasteiger partial charge in [0.2, 0.25) is 5.91 Å². The number of carboxylic acid groups (broad SMARTS) is 1. The van der Waals surface area contributed by atoms with Gasteiger partial charge in [-0.05, 0) is 98.9 Å². The Morgan fingerprint density at radius 3 is 2.46 bits per heavy atom. The Morgan fingerprint density at radius 2 is 1.79 bits per heavy atom. The van der Waals surface area contributed by atoms with Gasteiger partial charge in [0, 0.05) is 5.92 Å². The lowest BCUT2D eigenvalue weighted by atomic mass is 9.46. The first-order valence-electron chi connectivity index (χ1n) is 14.6. The summed E-state index contributed by atoms with van der Waals surface area (Å²) in [6, 6.07) is -1.01. The van der Waals surface area contributed by atoms with Crippen LogP contribution in [0.15, 0.2) is 16.8 Å². The van der Waals surface area contributed by atoms with E-state index in [1.807, 2.05) is 0 Å². The van der Waals surface area contributed by atoms with E-state index >= 15 is 0 Å². The van der Waals surface area contributed by atoms with Crippen LogP contribution < -0.4 is 10.6 Å².